The van der Waals surface area contributed by atoms with Gasteiger partial charge in [0.2, 0.25) is 65.0 Å². The number of nitrogens with zero attached hydrogens (tertiary/aromatic N) is 10. The summed E-state index contributed by atoms with van der Waals surface area (Å²) in [6.45, 7) is 32.1. The number of carbonyl (C=O) groups is 11. The summed E-state index contributed by atoms with van der Waals surface area (Å²) in [7, 11) is 8.34. The minimum absolute atomic E-state index is 0.0360. The van der Waals surface area contributed by atoms with Gasteiger partial charge in [-0.05, 0) is 108 Å². The molecule has 28 nitrogen and oxygen atoms in total. The van der Waals surface area contributed by atoms with Gasteiger partial charge in [0.1, 0.15) is 66.5 Å². The van der Waals surface area contributed by atoms with Gasteiger partial charge in [-0.3, -0.25) is 52.7 Å². The van der Waals surface area contributed by atoms with Crippen molar-refractivity contribution in [3.63, 3.8) is 0 Å². The number of aliphatic hydroxyl groups is 1. The number of unbranched alkanes of at least 4 members (excludes halogenated alkanes) is 1. The summed E-state index contributed by atoms with van der Waals surface area (Å²) < 4.78 is 12.1. The van der Waals surface area contributed by atoms with Gasteiger partial charge in [0.05, 0.1) is 25.4 Å². The molecule has 1 unspecified atom stereocenters. The highest BCUT2D eigenvalue weighted by molar-refractivity contribution is 6.00. The molecule has 1 aliphatic heterocycles. The highest BCUT2D eigenvalue weighted by atomic mass is 16.5. The van der Waals surface area contributed by atoms with E-state index in [2.05, 4.69) is 37.9 Å². The molecule has 0 saturated carbocycles. The van der Waals surface area contributed by atoms with E-state index in [1.165, 1.54) is 86.7 Å². The van der Waals surface area contributed by atoms with E-state index in [4.69, 9.17) is 15.0 Å². The molecule has 1 rings (SSSR count). The van der Waals surface area contributed by atoms with Crippen molar-refractivity contribution in [3.05, 3.63) is 35.2 Å². The third-order valence-electron chi connectivity index (χ3n) is 17.5. The Morgan fingerprint density at radius 1 is 0.562 bits per heavy atom. The molecule has 5 N–H and O–H groups in total. The first kappa shape index (κ1) is 86.9. The van der Waals surface area contributed by atoms with E-state index in [0.717, 1.165) is 9.80 Å². The first-order chi connectivity index (χ1) is 44.8. The van der Waals surface area contributed by atoms with Crippen molar-refractivity contribution in [2.45, 2.75) is 235 Å². The zero-order valence-electron chi connectivity index (χ0n) is 61.9. The van der Waals surface area contributed by atoms with Gasteiger partial charge in [0.15, 0.2) is 0 Å². The fraction of sp³-hybridized carbons (Fsp3) is 0.779. The lowest BCUT2D eigenvalue weighted by Gasteiger charge is -2.41. The summed E-state index contributed by atoms with van der Waals surface area (Å²) >= 11 is 0. The molecule has 1 saturated heterocycles. The zero-order valence-corrected chi connectivity index (χ0v) is 61.9. The van der Waals surface area contributed by atoms with Crippen LogP contribution in [0.4, 0.5) is 0 Å². The topological polar surface area (TPSA) is 346 Å². The summed E-state index contributed by atoms with van der Waals surface area (Å²) in [5.41, 5.74) is 8.86. The summed E-state index contributed by atoms with van der Waals surface area (Å²) in [6, 6.07) is -14.9. The lowest BCUT2D eigenvalue weighted by Crippen LogP contribution is -2.65. The van der Waals surface area contributed by atoms with Gasteiger partial charge >= 0.3 is 0 Å². The Hall–Kier alpha value is -7.16. The van der Waals surface area contributed by atoms with Crippen LogP contribution in [0.3, 0.4) is 0 Å². The molecule has 546 valence electrons. The van der Waals surface area contributed by atoms with Crippen LogP contribution in [0.2, 0.25) is 0 Å². The van der Waals surface area contributed by atoms with Crippen LogP contribution < -0.4 is 21.3 Å². The number of rotatable bonds is 24. The van der Waals surface area contributed by atoms with Crippen molar-refractivity contribution in [1.82, 2.24) is 55.6 Å². The van der Waals surface area contributed by atoms with Crippen LogP contribution in [0.1, 0.15) is 156 Å². The molecule has 1 fully saturated rings. The molecule has 0 spiro atoms. The minimum atomic E-state index is -1.71. The minimum Gasteiger partial charge on any atom is -0.390 e. The number of azide groups is 1. The summed E-state index contributed by atoms with van der Waals surface area (Å²) in [5, 5.41) is 26.8. The van der Waals surface area contributed by atoms with E-state index in [1.807, 2.05) is 41.5 Å². The molecule has 0 radical (unpaired) electrons. The summed E-state index contributed by atoms with van der Waals surface area (Å²) in [6.07, 6.45) is 3.09. The van der Waals surface area contributed by atoms with E-state index >= 15 is 33.6 Å². The molecular weight excluding hydrogens is 1240 g/mol. The molecular formula is C68H120N14O14. The second-order valence-electron chi connectivity index (χ2n) is 27.4. The first-order valence-electron chi connectivity index (χ1n) is 34.0. The van der Waals surface area contributed by atoms with E-state index in [9.17, 15) is 24.3 Å². The molecule has 28 heteroatoms. The number of hydrogen-bond donors (Lipinski definition) is 5. The van der Waals surface area contributed by atoms with Gasteiger partial charge in [0, 0.05) is 72.8 Å². The number of carbonyl (C=O) groups excluding carboxylic acids is 11. The Labute approximate surface area is 571 Å². The maximum atomic E-state index is 15.4. The molecule has 0 aromatic rings. The number of nitrogens with one attached hydrogen (secondary N) is 4. The number of ether oxygens (including phenoxy) is 2. The van der Waals surface area contributed by atoms with E-state index in [-0.39, 0.29) is 69.7 Å². The second-order valence-corrected chi connectivity index (χ2v) is 27.4. The quantitative estimate of drug-likeness (QED) is 0.0296. The maximum Gasteiger partial charge on any atom is 0.248 e. The Bertz CT molecular complexity index is 2690. The Balaban J connectivity index is 4.62. The second kappa shape index (κ2) is 41.8. The van der Waals surface area contributed by atoms with Gasteiger partial charge in [-0.2, -0.15) is 0 Å². The van der Waals surface area contributed by atoms with Crippen LogP contribution >= 0.6 is 0 Å². The van der Waals surface area contributed by atoms with Crippen molar-refractivity contribution in [2.24, 2.45) is 40.6 Å². The smallest absolute Gasteiger partial charge is 0.248 e. The van der Waals surface area contributed by atoms with Crippen LogP contribution in [0, 0.1) is 35.5 Å². The van der Waals surface area contributed by atoms with Crippen molar-refractivity contribution in [1.29, 1.82) is 0 Å². The van der Waals surface area contributed by atoms with Gasteiger partial charge < -0.3 is 70.1 Å². The number of likely N-dealkylation sites (N-methyl/N-ethyl adjacent to an activating group) is 7. The average Bonchev–Trinajstić information content (AvgIpc) is 0.811. The Kier molecular flexibility index (Phi) is 37.8. The third kappa shape index (κ3) is 24.7. The van der Waals surface area contributed by atoms with E-state index in [0.29, 0.717) is 12.8 Å². The Morgan fingerprint density at radius 2 is 1.04 bits per heavy atom. The van der Waals surface area contributed by atoms with Crippen LogP contribution in [-0.2, 0) is 62.2 Å². The number of aliphatic hydroxyl groups excluding tert-OH is 1. The Morgan fingerprint density at radius 3 is 1.53 bits per heavy atom. The van der Waals surface area contributed by atoms with Crippen molar-refractivity contribution in [2.75, 3.05) is 75.2 Å². The van der Waals surface area contributed by atoms with Crippen LogP contribution in [0.15, 0.2) is 29.9 Å². The lowest BCUT2D eigenvalue weighted by molar-refractivity contribution is -0.158. The zero-order chi connectivity index (χ0) is 73.9. The molecule has 96 heavy (non-hydrogen) atoms. The predicted molar refractivity (Wildman–Crippen MR) is 368 cm³/mol. The fourth-order valence-corrected chi connectivity index (χ4v) is 11.9. The highest BCUT2D eigenvalue weighted by Gasteiger charge is 2.47. The van der Waals surface area contributed by atoms with Gasteiger partial charge in [-0.1, -0.05) is 106 Å². The van der Waals surface area contributed by atoms with Gasteiger partial charge in [-0.25, -0.2) is 0 Å². The predicted octanol–water partition coefficient (Wildman–Crippen LogP) is 4.29. The largest absolute Gasteiger partial charge is 0.390 e. The third-order valence-corrected chi connectivity index (χ3v) is 17.5. The number of allylic oxidation sites excluding steroid dienone is 1. The van der Waals surface area contributed by atoms with Crippen LogP contribution in [-0.4, -0.2) is 258 Å². The van der Waals surface area contributed by atoms with Crippen LogP contribution in [0.25, 0.3) is 10.4 Å². The SMILES string of the molecule is C=CCOC[C@@H]1C(=O)N(C)C([C@@H](C)OCCCCN=[N+]=[N-])C(=O)N[C@@H](C(C)C)C(=O)N(C)[C@@H](CC(C)C)C(=O)N[C@@H](C)C(=O)N[C@H](C)C(=O)N(C)[C@@H](CC(C)C)C(=O)N(C)[C@@H](CC(C)C)C(=O)N(C)[C@@H](C(C)C)C(=O)N(C)[C@@H]([C@H](O)[C@H](C)/C=C/C)C(=O)N[C@@H](CC)C(=O)N1CC. The number of amides is 11. The summed E-state index contributed by atoms with van der Waals surface area (Å²) in [5.74, 6) is -10.9. The highest BCUT2D eigenvalue weighted by Crippen LogP contribution is 2.26. The van der Waals surface area contributed by atoms with Gasteiger partial charge in [0.25, 0.3) is 0 Å². The van der Waals surface area contributed by atoms with Crippen LogP contribution in [0.5, 0.6) is 0 Å². The fourth-order valence-electron chi connectivity index (χ4n) is 11.9. The van der Waals surface area contributed by atoms with Crippen molar-refractivity contribution in [3.8, 4) is 0 Å². The normalized spacial score (nSPS) is 26.1. The number of hydrogen-bond acceptors (Lipinski definition) is 15. The molecule has 11 amide bonds. The van der Waals surface area contributed by atoms with Gasteiger partial charge in [-0.15, -0.1) is 6.58 Å². The molecule has 0 bridgehead atoms. The van der Waals surface area contributed by atoms with E-state index < -0.39 is 168 Å². The van der Waals surface area contributed by atoms with Crippen molar-refractivity contribution >= 4 is 65.0 Å². The lowest BCUT2D eigenvalue weighted by atomic mass is 9.93. The summed E-state index contributed by atoms with van der Waals surface area (Å²) in [4.78, 5) is 176. The standard InChI is InChI=1S/C68H120N14O14/c1-25-31-44(15)57(83)56-61(87)73-48(27-3)63(89)82(28-4)52(38-95-33-26-2)66(92)80(23)55(47(18)96-34-30-29-32-70-75-69)60(86)74-53(42(11)12)67(93)76(19)49(35-39(5)6)59(85)71-45(16)58(84)72-46(17)62(88)77(20)50(36-40(7)8)64(90)78(21)51(37-41(9)10)65(91)79(22)54(43(13)14)68(94)81(56)24/h25-26,31,39-57,83H,2,27-30,32-38H2,1,3-24H3,(H,71,85)(H,72,84)(H,73,87)(H,74,86)/b31-25+/t44-,45+,46-,47-,48+,49+,50+,51+,52-,53+,54+,55?,56+,57-/m1/s1. The molecule has 0 aromatic heterocycles. The average molecular weight is 1360 g/mol. The first-order valence-corrected chi connectivity index (χ1v) is 34.0. The monoisotopic (exact) mass is 1360 g/mol. The molecule has 1 heterocycles. The maximum absolute atomic E-state index is 15.4. The van der Waals surface area contributed by atoms with E-state index in [1.54, 1.807) is 74.5 Å². The molecule has 0 aliphatic carbocycles. The molecule has 0 aromatic carbocycles. The molecule has 14 atom stereocenters. The van der Waals surface area contributed by atoms with Crippen molar-refractivity contribution < 1.29 is 67.3 Å². The molecule has 1 aliphatic rings.